The van der Waals surface area contributed by atoms with Crippen molar-refractivity contribution in [2.24, 2.45) is 0 Å². The number of aryl methyl sites for hydroxylation is 1. The summed E-state index contributed by atoms with van der Waals surface area (Å²) in [5, 5.41) is 56.5. The van der Waals surface area contributed by atoms with E-state index in [2.05, 4.69) is 93.6 Å². The Morgan fingerprint density at radius 1 is 0.379 bits per heavy atom. The molecule has 4 aromatic heterocycles. The van der Waals surface area contributed by atoms with Gasteiger partial charge in [-0.3, -0.25) is 39.1 Å². The number of ketones is 4. The number of aliphatic hydroxyl groups is 6. The number of fused-ring (bicyclic) bond motifs is 4. The first-order valence-electron chi connectivity index (χ1n) is 31.2. The quantitative estimate of drug-likeness (QED) is 0.0400. The summed E-state index contributed by atoms with van der Waals surface area (Å²) in [5.74, 6) is 0.555. The number of methoxy groups -OCH3 is 1. The van der Waals surface area contributed by atoms with Crippen LogP contribution in [0.25, 0.3) is 88.6 Å². The van der Waals surface area contributed by atoms with Crippen LogP contribution in [0.5, 0.6) is 5.75 Å². The van der Waals surface area contributed by atoms with Crippen molar-refractivity contribution in [3.63, 3.8) is 0 Å². The van der Waals surface area contributed by atoms with E-state index in [1.54, 1.807) is 7.11 Å². The number of benzene rings is 8. The van der Waals surface area contributed by atoms with Gasteiger partial charge in [-0.2, -0.15) is 0 Å². The van der Waals surface area contributed by atoms with Crippen LogP contribution in [-0.2, 0) is 113 Å². The minimum absolute atomic E-state index is 0. The molecule has 4 radical (unpaired) electrons. The van der Waals surface area contributed by atoms with Gasteiger partial charge in [0.25, 0.3) is 0 Å². The average Bonchev–Trinajstić information content (AvgIpc) is 0.828. The fourth-order valence-electron chi connectivity index (χ4n) is 9.11. The molecule has 0 spiro atoms. The summed E-state index contributed by atoms with van der Waals surface area (Å²) < 4.78 is 5.12. The molecule has 12 aromatic rings. The van der Waals surface area contributed by atoms with Gasteiger partial charge in [-0.05, 0) is 124 Å². The summed E-state index contributed by atoms with van der Waals surface area (Å²) in [7, 11) is 1.65. The largest absolute Gasteiger partial charge is 0.540 e. The molecule has 0 fully saturated rings. The minimum Gasteiger partial charge on any atom is -0.540 e. The maximum atomic E-state index is 10.0. The van der Waals surface area contributed by atoms with Crippen molar-refractivity contribution in [1.29, 1.82) is 0 Å². The molecule has 542 valence electrons. The van der Waals surface area contributed by atoms with E-state index in [9.17, 15) is 24.3 Å². The molecule has 6 N–H and O–H groups in total. The van der Waals surface area contributed by atoms with Gasteiger partial charge in [0.05, 0.1) is 58.8 Å². The molecule has 0 aliphatic rings. The first-order valence-corrected chi connectivity index (χ1v) is 31.2. The second-order valence-corrected chi connectivity index (χ2v) is 22.0. The normalized spacial score (nSPS) is 10.4. The third kappa shape index (κ3) is 33.5. The van der Waals surface area contributed by atoms with Gasteiger partial charge in [-0.1, -0.05) is 128 Å². The molecule has 4 heterocycles. The predicted octanol–water partition coefficient (Wildman–Crippen LogP) is 18.2. The van der Waals surface area contributed by atoms with Crippen LogP contribution in [0.2, 0.25) is 0 Å². The summed E-state index contributed by atoms with van der Waals surface area (Å²) in [5.41, 5.74) is 14.3. The van der Waals surface area contributed by atoms with Crippen molar-refractivity contribution in [3.8, 4) is 50.8 Å². The summed E-state index contributed by atoms with van der Waals surface area (Å²) in [6.45, 7) is 13.5. The van der Waals surface area contributed by atoms with Crippen LogP contribution in [0.3, 0.4) is 0 Å². The molecule has 12 rings (SSSR count). The van der Waals surface area contributed by atoms with Crippen LogP contribution >= 0.6 is 0 Å². The van der Waals surface area contributed by atoms with Gasteiger partial charge in [0.2, 0.25) is 0 Å². The number of carbonyl (C=O) groups is 4. The number of carbonyl (C=O) groups excluding carboxylic acids is 4. The molecule has 0 aliphatic heterocycles. The van der Waals surface area contributed by atoms with Crippen molar-refractivity contribution in [1.82, 2.24) is 19.9 Å². The van der Waals surface area contributed by atoms with Crippen LogP contribution < -0.4 is 4.74 Å². The molecular formula is C84H80Ir4N4O11-4. The van der Waals surface area contributed by atoms with Gasteiger partial charge < -0.3 is 35.4 Å². The molecule has 15 nitrogen and oxygen atoms in total. The van der Waals surface area contributed by atoms with Crippen LogP contribution in [0.1, 0.15) is 72.1 Å². The second kappa shape index (κ2) is 49.2. The number of hydrogen-bond donors (Lipinski definition) is 6. The van der Waals surface area contributed by atoms with Crippen LogP contribution in [0.15, 0.2) is 266 Å². The van der Waals surface area contributed by atoms with Crippen LogP contribution in [0.4, 0.5) is 0 Å². The Morgan fingerprint density at radius 3 is 1.08 bits per heavy atom. The number of aromatic nitrogens is 4. The summed E-state index contributed by atoms with van der Waals surface area (Å²) in [4.78, 5) is 58.6. The Bertz CT molecular complexity index is 4660. The number of allylic oxidation sites excluding steroid dienone is 8. The Morgan fingerprint density at radius 2 is 0.738 bits per heavy atom. The molecule has 0 saturated carbocycles. The van der Waals surface area contributed by atoms with Crippen LogP contribution in [-0.4, -0.2) is 80.8 Å². The number of pyridine rings is 4. The second-order valence-electron chi connectivity index (χ2n) is 22.0. The van der Waals surface area contributed by atoms with E-state index < -0.39 is 0 Å². The van der Waals surface area contributed by atoms with Gasteiger partial charge in [0, 0.05) is 117 Å². The van der Waals surface area contributed by atoms with Crippen LogP contribution in [0, 0.1) is 31.2 Å². The van der Waals surface area contributed by atoms with E-state index >= 15 is 0 Å². The van der Waals surface area contributed by atoms with E-state index in [1.165, 1.54) is 90.6 Å². The van der Waals surface area contributed by atoms with Gasteiger partial charge in [0.1, 0.15) is 0 Å². The molecule has 103 heavy (non-hydrogen) atoms. The topological polar surface area (TPSA) is 250 Å². The fourth-order valence-corrected chi connectivity index (χ4v) is 9.11. The van der Waals surface area contributed by atoms with Crippen molar-refractivity contribution in [2.75, 3.05) is 7.11 Å². The monoisotopic (exact) mass is 2090 g/mol. The first-order chi connectivity index (χ1) is 47.5. The molecule has 0 saturated heterocycles. The van der Waals surface area contributed by atoms with Gasteiger partial charge in [0.15, 0.2) is 23.1 Å². The maximum absolute atomic E-state index is 10.0. The average molecular weight is 2090 g/mol. The van der Waals surface area contributed by atoms with E-state index in [1.807, 2.05) is 176 Å². The number of para-hydroxylation sites is 4. The van der Waals surface area contributed by atoms with Crippen molar-refractivity contribution >= 4 is 66.7 Å². The van der Waals surface area contributed by atoms with Gasteiger partial charge in [-0.15, -0.1) is 136 Å². The number of rotatable bonds is 11. The third-order valence-corrected chi connectivity index (χ3v) is 13.4. The predicted molar refractivity (Wildman–Crippen MR) is 395 cm³/mol. The summed E-state index contributed by atoms with van der Waals surface area (Å²) in [6, 6.07) is 84.2. The standard InChI is InChI=1S/3C16H12NO.C16H12N.4C5H8O2.4Ir/c1-18-14-9-6-13(7-10-14)16-11-8-12-4-2-3-5-15(12)17-16;18-11-13-6-1-3-7-14(13)16-10-9-12-5-2-4-8-15(12)17-16;18-11-12-4-3-6-14(10-12)16-9-8-13-5-1-2-7-15(13)17-16;1-12-6-2-4-8-14(12)16-11-10-13-7-3-5-9-15(13)17-16;4*1-4(6)3-5(2)7;;;;/h2-6,8-11H,1H3;1-6,8-10,18H,11H2;1-5,7-10,18H,11H2;2-7,9-11H,1H3;4*3,6H,1-2H3;;;;/q4*-1;;;;;;;;. The molecule has 0 unspecified atom stereocenters. The Kier molecular flexibility index (Phi) is 43.8. The van der Waals surface area contributed by atoms with E-state index in [0.29, 0.717) is 0 Å². The molecule has 0 aliphatic carbocycles. The Balaban J connectivity index is 0.000000606. The molecule has 0 bridgehead atoms. The van der Waals surface area contributed by atoms with Gasteiger partial charge in [-0.25, -0.2) is 0 Å². The SMILES string of the molecule is CC(=O)C=C(C)O.CC(=O)C=C(C)O.CC(=O)C=C(C)O.CC(=O)C=C(C)O.COc1c[c-]c(-c2ccc3ccccc3n2)cc1.Cc1ccc[c-]c1-c1ccc2ccccc2n1.OCc1cc[c-]c(-c2ccc3ccccc3n2)c1.OCc1ccc[c-]c1-c1ccc2ccccc2n1.[Ir].[Ir].[Ir].[Ir]. The van der Waals surface area contributed by atoms with Crippen molar-refractivity contribution < 1.29 is 135 Å². The fraction of sp³-hybridized carbons (Fsp3) is 0.143. The molecular weight excluding hydrogens is 2010 g/mol. The van der Waals surface area contributed by atoms with E-state index in [4.69, 9.17) is 30.3 Å². The van der Waals surface area contributed by atoms with Crippen molar-refractivity contribution in [2.45, 2.75) is 75.5 Å². The van der Waals surface area contributed by atoms with Crippen molar-refractivity contribution in [3.05, 3.63) is 307 Å². The number of nitrogens with zero attached hydrogens (tertiary/aromatic N) is 4. The van der Waals surface area contributed by atoms with E-state index in [0.717, 1.165) is 100 Å². The zero-order valence-electron chi connectivity index (χ0n) is 58.4. The first kappa shape index (κ1) is 91.6. The molecule has 19 heteroatoms. The zero-order chi connectivity index (χ0) is 72.2. The zero-order valence-corrected chi connectivity index (χ0v) is 67.9. The number of aliphatic hydroxyl groups excluding tert-OH is 6. The number of ether oxygens (including phenoxy) is 1. The van der Waals surface area contributed by atoms with E-state index in [-0.39, 0.29) is 140 Å². The molecule has 8 aromatic carbocycles. The Labute approximate surface area is 656 Å². The summed E-state index contributed by atoms with van der Waals surface area (Å²) in [6.07, 6.45) is 4.67. The Hall–Kier alpha value is -9.44. The minimum atomic E-state index is -0.125. The smallest absolute Gasteiger partial charge is 0.155 e. The summed E-state index contributed by atoms with van der Waals surface area (Å²) >= 11 is 0. The third-order valence-electron chi connectivity index (χ3n) is 13.4. The molecule has 0 atom stereocenters. The maximum Gasteiger partial charge on any atom is 0.155 e. The molecule has 0 amide bonds. The number of hydrogen-bond acceptors (Lipinski definition) is 15. The van der Waals surface area contributed by atoms with Gasteiger partial charge >= 0.3 is 0 Å².